The number of hydrogen-bond acceptors (Lipinski definition) is 7. The molecule has 0 radical (unpaired) electrons. The normalized spacial score (nSPS) is 13.9. The Labute approximate surface area is 212 Å². The third-order valence-electron chi connectivity index (χ3n) is 6.53. The minimum atomic E-state index is -0.694. The minimum absolute atomic E-state index is 0.0765. The highest BCUT2D eigenvalue weighted by molar-refractivity contribution is 6.02. The van der Waals surface area contributed by atoms with E-state index in [1.165, 1.54) is 6.07 Å². The Kier molecular flexibility index (Phi) is 6.55. The molecular formula is C27H24N4O6. The summed E-state index contributed by atoms with van der Waals surface area (Å²) < 4.78 is 10.2. The van der Waals surface area contributed by atoms with Gasteiger partial charge in [-0.15, -0.1) is 0 Å². The van der Waals surface area contributed by atoms with Gasteiger partial charge in [-0.25, -0.2) is 4.98 Å². The molecule has 0 atom stereocenters. The molecule has 0 bridgehead atoms. The second kappa shape index (κ2) is 10.1. The fraction of sp³-hybridized carbons (Fsp3) is 0.222. The first-order valence-electron chi connectivity index (χ1n) is 11.8. The van der Waals surface area contributed by atoms with Crippen LogP contribution in [-0.2, 0) is 0 Å². The SMILES string of the molecule is COc1ccc2nc(C(=O)N3CCC(c4ccc(NC(=O)c5ccc([N+](=O)[O-])o5)cc4)CC3)ccc2c1. The third-order valence-corrected chi connectivity index (χ3v) is 6.53. The molecule has 0 aliphatic carbocycles. The van der Waals surface area contributed by atoms with Gasteiger partial charge in [0.25, 0.3) is 11.8 Å². The first-order valence-corrected chi connectivity index (χ1v) is 11.8. The molecule has 2 amide bonds. The Morgan fingerprint density at radius 3 is 2.49 bits per heavy atom. The highest BCUT2D eigenvalue weighted by Crippen LogP contribution is 2.30. The molecule has 1 saturated heterocycles. The molecule has 2 aromatic heterocycles. The van der Waals surface area contributed by atoms with Crippen molar-refractivity contribution in [2.24, 2.45) is 0 Å². The molecule has 10 heteroatoms. The summed E-state index contributed by atoms with van der Waals surface area (Å²) in [6.07, 6.45) is 1.64. The predicted octanol–water partition coefficient (Wildman–Crippen LogP) is 5.02. The van der Waals surface area contributed by atoms with Gasteiger partial charge >= 0.3 is 5.88 Å². The van der Waals surface area contributed by atoms with E-state index in [-0.39, 0.29) is 11.7 Å². The van der Waals surface area contributed by atoms with Crippen LogP contribution in [0.3, 0.4) is 0 Å². The van der Waals surface area contributed by atoms with Crippen LogP contribution < -0.4 is 10.1 Å². The topological polar surface area (TPSA) is 128 Å². The number of fused-ring (bicyclic) bond motifs is 1. The lowest BCUT2D eigenvalue weighted by Crippen LogP contribution is -2.38. The number of benzene rings is 2. The van der Waals surface area contributed by atoms with Crippen molar-refractivity contribution in [2.75, 3.05) is 25.5 Å². The molecule has 1 aliphatic rings. The zero-order chi connectivity index (χ0) is 25.9. The number of pyridine rings is 1. The van der Waals surface area contributed by atoms with Crippen LogP contribution in [-0.4, -0.2) is 46.8 Å². The molecule has 1 fully saturated rings. The maximum Gasteiger partial charge on any atom is 0.433 e. The molecule has 4 aromatic rings. The fourth-order valence-electron chi connectivity index (χ4n) is 4.51. The number of carbonyl (C=O) groups excluding carboxylic acids is 2. The molecule has 2 aromatic carbocycles. The van der Waals surface area contributed by atoms with Gasteiger partial charge < -0.3 is 19.4 Å². The van der Waals surface area contributed by atoms with Gasteiger partial charge in [0.2, 0.25) is 0 Å². The van der Waals surface area contributed by atoms with E-state index in [1.807, 2.05) is 41.3 Å². The lowest BCUT2D eigenvalue weighted by molar-refractivity contribution is -0.402. The van der Waals surface area contributed by atoms with Gasteiger partial charge in [-0.3, -0.25) is 19.7 Å². The summed E-state index contributed by atoms with van der Waals surface area (Å²) in [5.41, 5.74) is 2.86. The average Bonchev–Trinajstić information content (AvgIpc) is 3.44. The van der Waals surface area contributed by atoms with E-state index in [0.29, 0.717) is 30.4 Å². The van der Waals surface area contributed by atoms with Crippen molar-refractivity contribution in [1.82, 2.24) is 9.88 Å². The van der Waals surface area contributed by atoms with E-state index >= 15 is 0 Å². The van der Waals surface area contributed by atoms with E-state index in [2.05, 4.69) is 10.3 Å². The van der Waals surface area contributed by atoms with Gasteiger partial charge in [0.1, 0.15) is 16.4 Å². The van der Waals surface area contributed by atoms with Crippen molar-refractivity contribution in [3.8, 4) is 5.75 Å². The second-order valence-corrected chi connectivity index (χ2v) is 8.79. The van der Waals surface area contributed by atoms with Crippen LogP contribution in [0.15, 0.2) is 71.1 Å². The predicted molar refractivity (Wildman–Crippen MR) is 136 cm³/mol. The highest BCUT2D eigenvalue weighted by atomic mass is 16.6. The Balaban J connectivity index is 1.17. The number of nitrogens with zero attached hydrogens (tertiary/aromatic N) is 3. The number of ether oxygens (including phenoxy) is 1. The number of hydrogen-bond donors (Lipinski definition) is 1. The van der Waals surface area contributed by atoms with Gasteiger partial charge in [-0.05, 0) is 66.8 Å². The molecule has 0 unspecified atom stereocenters. The summed E-state index contributed by atoms with van der Waals surface area (Å²) in [6.45, 7) is 1.25. The molecule has 0 saturated carbocycles. The number of carbonyl (C=O) groups is 2. The zero-order valence-electron chi connectivity index (χ0n) is 20.0. The van der Waals surface area contributed by atoms with Crippen LogP contribution in [0.4, 0.5) is 11.6 Å². The fourth-order valence-corrected chi connectivity index (χ4v) is 4.51. The van der Waals surface area contributed by atoms with Crippen LogP contribution in [0, 0.1) is 10.1 Å². The van der Waals surface area contributed by atoms with Gasteiger partial charge in [-0.1, -0.05) is 18.2 Å². The van der Waals surface area contributed by atoms with Crippen molar-refractivity contribution in [3.05, 3.63) is 93.9 Å². The Bertz CT molecular complexity index is 1470. The highest BCUT2D eigenvalue weighted by Gasteiger charge is 2.25. The summed E-state index contributed by atoms with van der Waals surface area (Å²) in [7, 11) is 1.61. The number of methoxy groups -OCH3 is 1. The lowest BCUT2D eigenvalue weighted by Gasteiger charge is -2.32. The first kappa shape index (κ1) is 24.0. The summed E-state index contributed by atoms with van der Waals surface area (Å²) in [4.78, 5) is 41.8. The van der Waals surface area contributed by atoms with Crippen LogP contribution in [0.25, 0.3) is 10.9 Å². The molecule has 37 heavy (non-hydrogen) atoms. The van der Waals surface area contributed by atoms with Gasteiger partial charge in [0.05, 0.1) is 18.7 Å². The van der Waals surface area contributed by atoms with Crippen LogP contribution in [0.2, 0.25) is 0 Å². The van der Waals surface area contributed by atoms with E-state index in [9.17, 15) is 19.7 Å². The number of piperidine rings is 1. The van der Waals surface area contributed by atoms with Crippen LogP contribution >= 0.6 is 0 Å². The van der Waals surface area contributed by atoms with Crippen molar-refractivity contribution in [1.29, 1.82) is 0 Å². The molecule has 5 rings (SSSR count). The van der Waals surface area contributed by atoms with Crippen molar-refractivity contribution in [2.45, 2.75) is 18.8 Å². The summed E-state index contributed by atoms with van der Waals surface area (Å²) >= 11 is 0. The second-order valence-electron chi connectivity index (χ2n) is 8.79. The Morgan fingerprint density at radius 2 is 1.81 bits per heavy atom. The van der Waals surface area contributed by atoms with Gasteiger partial charge in [0.15, 0.2) is 5.76 Å². The smallest absolute Gasteiger partial charge is 0.433 e. The summed E-state index contributed by atoms with van der Waals surface area (Å²) in [5, 5.41) is 14.3. The van der Waals surface area contributed by atoms with E-state index in [4.69, 9.17) is 9.15 Å². The van der Waals surface area contributed by atoms with Crippen molar-refractivity contribution >= 4 is 34.3 Å². The molecule has 1 aliphatic heterocycles. The standard InChI is InChI=1S/C27H24N4O6/c1-36-21-7-9-22-19(16-21)4-8-23(29-22)27(33)30-14-12-18(13-15-30)17-2-5-20(6-3-17)28-26(32)24-10-11-25(37-24)31(34)35/h2-11,16,18H,12-15H2,1H3,(H,28,32). The largest absolute Gasteiger partial charge is 0.497 e. The third kappa shape index (κ3) is 5.13. The summed E-state index contributed by atoms with van der Waals surface area (Å²) in [5.74, 6) is -0.217. The van der Waals surface area contributed by atoms with E-state index < -0.39 is 16.7 Å². The van der Waals surface area contributed by atoms with Gasteiger partial charge in [-0.2, -0.15) is 0 Å². The number of likely N-dealkylation sites (tertiary alicyclic amines) is 1. The number of nitrogens with one attached hydrogen (secondary N) is 1. The Hall–Kier alpha value is -4.73. The Morgan fingerprint density at radius 1 is 1.05 bits per heavy atom. The first-order chi connectivity index (χ1) is 17.9. The number of anilines is 1. The number of aromatic nitrogens is 1. The number of rotatable bonds is 6. The molecule has 3 heterocycles. The minimum Gasteiger partial charge on any atom is -0.497 e. The molecule has 1 N–H and O–H groups in total. The molecule has 188 valence electrons. The van der Waals surface area contributed by atoms with Crippen LogP contribution in [0.1, 0.15) is 45.4 Å². The van der Waals surface area contributed by atoms with Crippen molar-refractivity contribution in [3.63, 3.8) is 0 Å². The monoisotopic (exact) mass is 500 g/mol. The van der Waals surface area contributed by atoms with Crippen LogP contribution in [0.5, 0.6) is 5.75 Å². The molecular weight excluding hydrogens is 476 g/mol. The maximum absolute atomic E-state index is 13.1. The average molecular weight is 501 g/mol. The van der Waals surface area contributed by atoms with Crippen molar-refractivity contribution < 1.29 is 23.7 Å². The molecule has 0 spiro atoms. The number of furan rings is 1. The zero-order valence-corrected chi connectivity index (χ0v) is 20.0. The lowest BCUT2D eigenvalue weighted by atomic mass is 9.89. The van der Waals surface area contributed by atoms with E-state index in [1.54, 1.807) is 25.3 Å². The maximum atomic E-state index is 13.1. The van der Waals surface area contributed by atoms with Gasteiger partial charge in [0, 0.05) is 24.2 Å². The molecule has 10 nitrogen and oxygen atoms in total. The number of amides is 2. The quantitative estimate of drug-likeness (QED) is 0.291. The van der Waals surface area contributed by atoms with E-state index in [0.717, 1.165) is 41.1 Å². The summed E-state index contributed by atoms with van der Waals surface area (Å²) in [6, 6.07) is 19.1. The number of nitro groups is 1.